The van der Waals surface area contributed by atoms with Crippen LogP contribution in [-0.4, -0.2) is 27.4 Å². The van der Waals surface area contributed by atoms with E-state index in [1.807, 2.05) is 0 Å². The van der Waals surface area contributed by atoms with Gasteiger partial charge < -0.3 is 15.2 Å². The first kappa shape index (κ1) is 15.3. The van der Waals surface area contributed by atoms with Gasteiger partial charge in [-0.3, -0.25) is 0 Å². The molecule has 0 aliphatic heterocycles. The summed E-state index contributed by atoms with van der Waals surface area (Å²) < 4.78 is 26.1. The average Bonchev–Trinajstić information content (AvgIpc) is 2.98. The first-order valence-electron chi connectivity index (χ1n) is 6.18. The van der Waals surface area contributed by atoms with E-state index in [0.29, 0.717) is 0 Å². The normalized spacial score (nSPS) is 11.7. The van der Waals surface area contributed by atoms with Crippen LogP contribution in [0.25, 0.3) is 10.9 Å². The molecule has 0 spiro atoms. The maximum atomic E-state index is 12.7. The summed E-state index contributed by atoms with van der Waals surface area (Å²) in [5.41, 5.74) is -0.126. The highest BCUT2D eigenvalue weighted by Gasteiger charge is 2.28. The van der Waals surface area contributed by atoms with Crippen molar-refractivity contribution in [2.45, 2.75) is 4.90 Å². The summed E-state index contributed by atoms with van der Waals surface area (Å²) in [6.45, 7) is 0. The molecule has 0 aliphatic carbocycles. The zero-order chi connectivity index (χ0) is 16.8. The van der Waals surface area contributed by atoms with Gasteiger partial charge in [-0.25, -0.2) is 12.4 Å². The van der Waals surface area contributed by atoms with Gasteiger partial charge in [0.15, 0.2) is 0 Å². The molecule has 1 aromatic carbocycles. The number of hydrogen-bond acceptors (Lipinski definition) is 6. The minimum absolute atomic E-state index is 0.00593. The maximum absolute atomic E-state index is 12.7. The van der Waals surface area contributed by atoms with Crippen molar-refractivity contribution in [1.82, 2.24) is 8.96 Å². The van der Waals surface area contributed by atoms with Crippen molar-refractivity contribution in [1.29, 1.82) is 0 Å². The molecule has 0 unspecified atom stereocenters. The predicted molar refractivity (Wildman–Crippen MR) is 82.1 cm³/mol. The van der Waals surface area contributed by atoms with Crippen molar-refractivity contribution >= 4 is 38.3 Å². The first-order valence-corrected chi connectivity index (χ1v) is 8.00. The van der Waals surface area contributed by atoms with Crippen LogP contribution in [0.1, 0.15) is 0 Å². The van der Waals surface area contributed by atoms with Crippen molar-refractivity contribution in [3.8, 4) is 5.75 Å². The lowest BCUT2D eigenvalue weighted by Gasteiger charge is -2.07. The number of halogens is 1. The van der Waals surface area contributed by atoms with E-state index >= 15 is 0 Å². The third-order valence-electron chi connectivity index (χ3n) is 3.19. The summed E-state index contributed by atoms with van der Waals surface area (Å²) >= 11 is 5.91. The molecule has 118 valence electrons. The molecular weight excluding hydrogens is 346 g/mol. The highest BCUT2D eigenvalue weighted by Crippen LogP contribution is 2.37. The van der Waals surface area contributed by atoms with Crippen LogP contribution in [0.3, 0.4) is 0 Å². The molecule has 23 heavy (non-hydrogen) atoms. The number of aromatic nitrogens is 2. The van der Waals surface area contributed by atoms with E-state index in [2.05, 4.69) is 4.98 Å². The van der Waals surface area contributed by atoms with Crippen LogP contribution in [0, 0.1) is 10.1 Å². The van der Waals surface area contributed by atoms with E-state index in [1.165, 1.54) is 18.2 Å². The summed E-state index contributed by atoms with van der Waals surface area (Å²) in [4.78, 5) is 13.4. The highest BCUT2D eigenvalue weighted by atomic mass is 35.5. The number of nitrogens with zero attached hydrogens (tertiary/aromatic N) is 3. The van der Waals surface area contributed by atoms with Crippen molar-refractivity contribution in [2.24, 2.45) is 0 Å². The lowest BCUT2D eigenvalue weighted by atomic mass is 10.3. The number of hydrogen-bond donors (Lipinski definition) is 1. The summed E-state index contributed by atoms with van der Waals surface area (Å²) in [5, 5.41) is 20.3. The van der Waals surface area contributed by atoms with Crippen LogP contribution in [0.15, 0.2) is 47.5 Å². The number of nitro groups is 1. The minimum Gasteiger partial charge on any atom is -0.500 e. The molecule has 0 aliphatic rings. The van der Waals surface area contributed by atoms with Crippen molar-refractivity contribution in [3.05, 3.63) is 57.9 Å². The van der Waals surface area contributed by atoms with E-state index in [1.54, 1.807) is 18.2 Å². The molecule has 1 N–H and O–H groups in total. The monoisotopic (exact) mass is 353 g/mol. The van der Waals surface area contributed by atoms with Gasteiger partial charge in [0.05, 0.1) is 10.3 Å². The van der Waals surface area contributed by atoms with Crippen LogP contribution < -0.4 is 0 Å². The van der Waals surface area contributed by atoms with Gasteiger partial charge in [0.2, 0.25) is 5.75 Å². The van der Waals surface area contributed by atoms with Gasteiger partial charge in [-0.1, -0.05) is 18.2 Å². The standard InChI is InChI=1S/C13H8ClN3O5S/c14-12-10-9(11(18)13(15-12)17(19)20)6-7-16(10)23(21,22)8-4-2-1-3-5-8/h1-7,18H. The molecule has 0 fully saturated rings. The first-order chi connectivity index (χ1) is 10.8. The van der Waals surface area contributed by atoms with Crippen LogP contribution in [0.5, 0.6) is 5.75 Å². The quantitative estimate of drug-likeness (QED) is 0.439. The fourth-order valence-corrected chi connectivity index (χ4v) is 3.86. The van der Waals surface area contributed by atoms with Crippen LogP contribution >= 0.6 is 11.6 Å². The van der Waals surface area contributed by atoms with Gasteiger partial charge in [-0.05, 0) is 39.7 Å². The summed E-state index contributed by atoms with van der Waals surface area (Å²) in [6, 6.07) is 8.80. The Morgan fingerprint density at radius 1 is 1.22 bits per heavy atom. The molecule has 0 atom stereocenters. The number of pyridine rings is 1. The van der Waals surface area contributed by atoms with Gasteiger partial charge in [0.25, 0.3) is 15.2 Å². The van der Waals surface area contributed by atoms with Gasteiger partial charge in [0.1, 0.15) is 5.52 Å². The van der Waals surface area contributed by atoms with Gasteiger partial charge in [0, 0.05) is 6.20 Å². The lowest BCUT2D eigenvalue weighted by Crippen LogP contribution is -2.12. The van der Waals surface area contributed by atoms with E-state index in [-0.39, 0.29) is 15.8 Å². The fraction of sp³-hybridized carbons (Fsp3) is 0. The van der Waals surface area contributed by atoms with Crippen LogP contribution in [0.2, 0.25) is 5.15 Å². The number of benzene rings is 1. The van der Waals surface area contributed by atoms with Gasteiger partial charge in [-0.15, -0.1) is 0 Å². The Morgan fingerprint density at radius 2 is 1.87 bits per heavy atom. The van der Waals surface area contributed by atoms with E-state index in [4.69, 9.17) is 11.6 Å². The van der Waals surface area contributed by atoms with Gasteiger partial charge in [-0.2, -0.15) is 0 Å². The Hall–Kier alpha value is -2.65. The fourth-order valence-electron chi connectivity index (χ4n) is 2.16. The topological polar surface area (TPSA) is 115 Å². The Morgan fingerprint density at radius 3 is 2.48 bits per heavy atom. The van der Waals surface area contributed by atoms with E-state index in [9.17, 15) is 23.6 Å². The molecule has 2 aromatic heterocycles. The molecule has 0 radical (unpaired) electrons. The number of rotatable bonds is 3. The summed E-state index contributed by atoms with van der Waals surface area (Å²) in [6.07, 6.45) is 1.16. The minimum atomic E-state index is -3.98. The van der Waals surface area contributed by atoms with Crippen molar-refractivity contribution in [2.75, 3.05) is 0 Å². The molecule has 8 nitrogen and oxygen atoms in total. The molecule has 0 saturated carbocycles. The Bertz CT molecular complexity index is 1030. The molecule has 3 rings (SSSR count). The molecule has 3 aromatic rings. The predicted octanol–water partition coefficient (Wildman–Crippen LogP) is 2.54. The van der Waals surface area contributed by atoms with Gasteiger partial charge >= 0.3 is 5.82 Å². The molecule has 0 amide bonds. The molecule has 10 heteroatoms. The maximum Gasteiger partial charge on any atom is 0.408 e. The third-order valence-corrected chi connectivity index (χ3v) is 5.15. The SMILES string of the molecule is O=[N+]([O-])c1nc(Cl)c2c(ccn2S(=O)(=O)c2ccccc2)c1O. The Labute approximate surface area is 134 Å². The van der Waals surface area contributed by atoms with E-state index in [0.717, 1.165) is 10.2 Å². The van der Waals surface area contributed by atoms with Crippen molar-refractivity contribution in [3.63, 3.8) is 0 Å². The number of fused-ring (bicyclic) bond motifs is 1. The lowest BCUT2D eigenvalue weighted by molar-refractivity contribution is -0.390. The second kappa shape index (κ2) is 5.21. The highest BCUT2D eigenvalue weighted by molar-refractivity contribution is 7.90. The smallest absolute Gasteiger partial charge is 0.408 e. The number of aromatic hydroxyl groups is 1. The Kier molecular flexibility index (Phi) is 3.46. The average molecular weight is 354 g/mol. The largest absolute Gasteiger partial charge is 0.500 e. The molecule has 0 saturated heterocycles. The van der Waals surface area contributed by atoms with Crippen molar-refractivity contribution < 1.29 is 18.4 Å². The summed E-state index contributed by atoms with van der Waals surface area (Å²) in [5.74, 6) is -1.58. The zero-order valence-electron chi connectivity index (χ0n) is 11.2. The molecule has 0 bridgehead atoms. The van der Waals surface area contributed by atoms with Crippen LogP contribution in [-0.2, 0) is 10.0 Å². The second-order valence-corrected chi connectivity index (χ2v) is 6.70. The molecular formula is C13H8ClN3O5S. The molecule has 2 heterocycles. The summed E-state index contributed by atoms with van der Waals surface area (Å²) in [7, 11) is -3.98. The van der Waals surface area contributed by atoms with E-state index < -0.39 is 31.7 Å². The second-order valence-electron chi connectivity index (χ2n) is 4.52. The third kappa shape index (κ3) is 2.30. The zero-order valence-corrected chi connectivity index (χ0v) is 12.8. The Balaban J connectivity index is 2.34. The van der Waals surface area contributed by atoms with Crippen LogP contribution in [0.4, 0.5) is 5.82 Å².